The maximum absolute atomic E-state index is 13.7. The highest BCUT2D eigenvalue weighted by Gasteiger charge is 2.17. The third-order valence-corrected chi connectivity index (χ3v) is 5.38. The number of hydrogen-bond donors (Lipinski definition) is 1. The van der Waals surface area contributed by atoms with E-state index in [2.05, 4.69) is 5.32 Å². The Bertz CT molecular complexity index is 992. The van der Waals surface area contributed by atoms with Gasteiger partial charge in [-0.15, -0.1) is 0 Å². The molecule has 0 aliphatic rings. The molecule has 1 atom stereocenters. The molecule has 0 heterocycles. The van der Waals surface area contributed by atoms with Crippen molar-refractivity contribution in [2.75, 3.05) is 6.26 Å². The fourth-order valence-electron chi connectivity index (χ4n) is 2.91. The first-order valence-electron chi connectivity index (χ1n) is 8.76. The zero-order valence-electron chi connectivity index (χ0n) is 15.4. The maximum atomic E-state index is 13.7. The molecule has 0 aliphatic carbocycles. The van der Waals surface area contributed by atoms with Crippen LogP contribution in [0.1, 0.15) is 11.1 Å². The Morgan fingerprint density at radius 2 is 1.89 bits per heavy atom. The lowest BCUT2D eigenvalue weighted by atomic mass is 10.0. The molecule has 0 aliphatic heterocycles. The van der Waals surface area contributed by atoms with Gasteiger partial charge in [0.25, 0.3) is 0 Å². The van der Waals surface area contributed by atoms with E-state index in [4.69, 9.17) is 4.74 Å². The largest absolute Gasteiger partial charge is 0.489 e. The molecule has 0 bridgehead atoms. The maximum Gasteiger partial charge on any atom is 0.239 e. The van der Waals surface area contributed by atoms with Crippen LogP contribution >= 0.6 is 11.8 Å². The summed E-state index contributed by atoms with van der Waals surface area (Å²) in [6, 6.07) is 18.2. The van der Waals surface area contributed by atoms with Crippen molar-refractivity contribution in [1.82, 2.24) is 5.32 Å². The molecule has 3 rings (SSSR count). The van der Waals surface area contributed by atoms with Crippen molar-refractivity contribution in [1.29, 1.82) is 0 Å². The van der Waals surface area contributed by atoms with E-state index in [0.29, 0.717) is 24.1 Å². The summed E-state index contributed by atoms with van der Waals surface area (Å²) in [6.07, 6.45) is 2.78. The Morgan fingerprint density at radius 3 is 2.64 bits per heavy atom. The average molecular weight is 397 g/mol. The number of carbonyl (C=O) groups is 2. The molecule has 1 unspecified atom stereocenters. The monoisotopic (exact) mass is 397 g/mol. The first-order valence-corrected chi connectivity index (χ1v) is 10.0. The summed E-state index contributed by atoms with van der Waals surface area (Å²) in [4.78, 5) is 22.4. The minimum atomic E-state index is -0.328. The molecule has 0 radical (unpaired) electrons. The Kier molecular flexibility index (Phi) is 6.66. The van der Waals surface area contributed by atoms with Crippen LogP contribution in [0.25, 0.3) is 10.8 Å². The molecule has 0 aromatic heterocycles. The van der Waals surface area contributed by atoms with Gasteiger partial charge in [-0.25, -0.2) is 4.39 Å². The van der Waals surface area contributed by atoms with Crippen molar-refractivity contribution >= 4 is 34.9 Å². The molecular weight excluding hydrogens is 377 g/mol. The molecule has 2 amide bonds. The quantitative estimate of drug-likeness (QED) is 0.582. The number of ether oxygens (including phenoxy) is 1. The second kappa shape index (κ2) is 9.37. The first-order chi connectivity index (χ1) is 13.6. The molecule has 0 fully saturated rings. The van der Waals surface area contributed by atoms with Gasteiger partial charge in [0.1, 0.15) is 18.2 Å². The predicted molar refractivity (Wildman–Crippen MR) is 110 cm³/mol. The summed E-state index contributed by atoms with van der Waals surface area (Å²) in [7, 11) is 0. The van der Waals surface area contributed by atoms with Gasteiger partial charge in [-0.1, -0.05) is 42.5 Å². The lowest BCUT2D eigenvalue weighted by molar-refractivity contribution is -0.124. The lowest BCUT2D eigenvalue weighted by Gasteiger charge is -2.13. The van der Waals surface area contributed by atoms with Crippen LogP contribution < -0.4 is 10.1 Å². The van der Waals surface area contributed by atoms with Crippen LogP contribution in [0.5, 0.6) is 5.75 Å². The summed E-state index contributed by atoms with van der Waals surface area (Å²) in [5, 5.41) is 3.89. The SMILES string of the molecule is CSC(Cc1ccc2cc(OCc3ccccc3F)ccc2c1)C(=O)NC=O. The molecule has 4 nitrogen and oxygen atoms in total. The third-order valence-electron chi connectivity index (χ3n) is 4.43. The van der Waals surface area contributed by atoms with Crippen molar-refractivity contribution in [2.24, 2.45) is 0 Å². The van der Waals surface area contributed by atoms with E-state index in [-0.39, 0.29) is 23.6 Å². The van der Waals surface area contributed by atoms with Gasteiger partial charge in [0, 0.05) is 5.56 Å². The third kappa shape index (κ3) is 4.89. The highest BCUT2D eigenvalue weighted by molar-refractivity contribution is 7.99. The van der Waals surface area contributed by atoms with Gasteiger partial charge in [0.2, 0.25) is 12.3 Å². The van der Waals surface area contributed by atoms with Crippen LogP contribution in [-0.4, -0.2) is 23.8 Å². The van der Waals surface area contributed by atoms with Crippen LogP contribution in [-0.2, 0) is 22.6 Å². The van der Waals surface area contributed by atoms with Crippen molar-refractivity contribution in [3.05, 3.63) is 77.6 Å². The molecule has 0 spiro atoms. The smallest absolute Gasteiger partial charge is 0.239 e. The molecule has 28 heavy (non-hydrogen) atoms. The lowest BCUT2D eigenvalue weighted by Crippen LogP contribution is -2.32. The van der Waals surface area contributed by atoms with Crippen molar-refractivity contribution < 1.29 is 18.7 Å². The zero-order chi connectivity index (χ0) is 19.9. The van der Waals surface area contributed by atoms with Crippen molar-refractivity contribution in [3.8, 4) is 5.75 Å². The summed E-state index contributed by atoms with van der Waals surface area (Å²) in [5.41, 5.74) is 1.52. The Labute approximate surface area is 167 Å². The highest BCUT2D eigenvalue weighted by atomic mass is 32.2. The van der Waals surface area contributed by atoms with Crippen molar-refractivity contribution in [3.63, 3.8) is 0 Å². The Morgan fingerprint density at radius 1 is 1.14 bits per heavy atom. The number of hydrogen-bond acceptors (Lipinski definition) is 4. The van der Waals surface area contributed by atoms with Crippen LogP contribution in [0.3, 0.4) is 0 Å². The number of thioether (sulfide) groups is 1. The van der Waals surface area contributed by atoms with Gasteiger partial charge in [0.15, 0.2) is 0 Å². The van der Waals surface area contributed by atoms with Gasteiger partial charge < -0.3 is 4.74 Å². The topological polar surface area (TPSA) is 55.4 Å². The van der Waals surface area contributed by atoms with E-state index >= 15 is 0 Å². The van der Waals surface area contributed by atoms with Crippen LogP contribution in [0, 0.1) is 5.82 Å². The van der Waals surface area contributed by atoms with Crippen LogP contribution in [0.2, 0.25) is 0 Å². The number of amides is 2. The van der Waals surface area contributed by atoms with Crippen LogP contribution in [0.15, 0.2) is 60.7 Å². The van der Waals surface area contributed by atoms with E-state index < -0.39 is 0 Å². The molecule has 0 saturated carbocycles. The summed E-state index contributed by atoms with van der Waals surface area (Å²) < 4.78 is 19.4. The van der Waals surface area contributed by atoms with Gasteiger partial charge in [-0.2, -0.15) is 11.8 Å². The minimum absolute atomic E-state index is 0.164. The fraction of sp³-hybridized carbons (Fsp3) is 0.182. The number of imide groups is 1. The van der Waals surface area contributed by atoms with Gasteiger partial charge >= 0.3 is 0 Å². The number of nitrogens with one attached hydrogen (secondary N) is 1. The van der Waals surface area contributed by atoms with E-state index in [9.17, 15) is 14.0 Å². The average Bonchev–Trinajstić information content (AvgIpc) is 2.71. The first kappa shape index (κ1) is 19.9. The second-order valence-corrected chi connectivity index (χ2v) is 7.32. The van der Waals surface area contributed by atoms with Crippen LogP contribution in [0.4, 0.5) is 4.39 Å². The number of rotatable bonds is 8. The van der Waals surface area contributed by atoms with Gasteiger partial charge in [-0.05, 0) is 47.2 Å². The van der Waals surface area contributed by atoms with Crippen molar-refractivity contribution in [2.45, 2.75) is 18.3 Å². The minimum Gasteiger partial charge on any atom is -0.489 e. The Balaban J connectivity index is 1.72. The molecule has 144 valence electrons. The van der Waals surface area contributed by atoms with E-state index in [1.54, 1.807) is 18.2 Å². The molecule has 6 heteroatoms. The number of benzene rings is 3. The predicted octanol–water partition coefficient (Wildman–Crippen LogP) is 4.10. The normalized spacial score (nSPS) is 11.8. The number of fused-ring (bicyclic) bond motifs is 1. The second-order valence-electron chi connectivity index (χ2n) is 6.28. The molecule has 1 N–H and O–H groups in total. The molecule has 3 aromatic rings. The molecular formula is C22H20FNO3S. The summed E-state index contributed by atoms with van der Waals surface area (Å²) in [6.45, 7) is 0.164. The standard InChI is InChI=1S/C22H20FNO3S/c1-28-21(22(26)24-14-25)11-15-6-7-17-12-19(9-8-16(17)10-15)27-13-18-4-2-3-5-20(18)23/h2-10,12,14,21H,11,13H2,1H3,(H,24,25,26). The number of carbonyl (C=O) groups excluding carboxylic acids is 2. The Hall–Kier alpha value is -2.86. The van der Waals surface area contributed by atoms with Gasteiger partial charge in [-0.3, -0.25) is 14.9 Å². The fourth-order valence-corrected chi connectivity index (χ4v) is 3.56. The summed E-state index contributed by atoms with van der Waals surface area (Å²) in [5.74, 6) is 0.0882. The van der Waals surface area contributed by atoms with Gasteiger partial charge in [0.05, 0.1) is 5.25 Å². The molecule has 3 aromatic carbocycles. The van der Waals surface area contributed by atoms with E-state index in [0.717, 1.165) is 16.3 Å². The number of halogens is 1. The van der Waals surface area contributed by atoms with E-state index in [1.165, 1.54) is 17.8 Å². The highest BCUT2D eigenvalue weighted by Crippen LogP contribution is 2.24. The summed E-state index contributed by atoms with van der Waals surface area (Å²) >= 11 is 1.40. The van der Waals surface area contributed by atoms with E-state index in [1.807, 2.05) is 42.7 Å². The zero-order valence-corrected chi connectivity index (χ0v) is 16.2. The molecule has 0 saturated heterocycles.